The second kappa shape index (κ2) is 12.8. The van der Waals surface area contributed by atoms with E-state index in [1.807, 2.05) is 31.2 Å². The van der Waals surface area contributed by atoms with Gasteiger partial charge in [-0.15, -0.1) is 0 Å². The molecule has 1 N–H and O–H groups in total. The molecule has 1 fully saturated rings. The van der Waals surface area contributed by atoms with Gasteiger partial charge in [0, 0.05) is 24.0 Å². The summed E-state index contributed by atoms with van der Waals surface area (Å²) in [6, 6.07) is 15.7. The Labute approximate surface area is 203 Å². The molecular formula is C28H37ClN2O2. The molecule has 2 aromatic rings. The highest BCUT2D eigenvalue weighted by molar-refractivity contribution is 6.30. The Bertz CT molecular complexity index is 889. The summed E-state index contributed by atoms with van der Waals surface area (Å²) in [6.07, 6.45) is 8.25. The maximum absolute atomic E-state index is 13.4. The Morgan fingerprint density at radius 1 is 0.939 bits per heavy atom. The number of rotatable bonds is 10. The second-order valence-electron chi connectivity index (χ2n) is 9.09. The molecule has 0 unspecified atom stereocenters. The maximum atomic E-state index is 13.4. The van der Waals surface area contributed by atoms with E-state index in [0.29, 0.717) is 30.8 Å². The Balaban J connectivity index is 1.73. The standard InChI is InChI=1S/C28H37ClN2O2/c1-3-21-10-12-22(13-11-21)16-19-27(32)31(20-23-14-17-24(29)18-15-23)26(4-2)28(33)30-25-8-6-5-7-9-25/h10-15,17-18,25-26H,3-9,16,19-20H2,1-2H3,(H,30,33)/t26-/m1/s1. The van der Waals surface area contributed by atoms with Crippen molar-refractivity contribution >= 4 is 23.4 Å². The highest BCUT2D eigenvalue weighted by Gasteiger charge is 2.30. The number of aryl methyl sites for hydroxylation is 2. The molecule has 0 radical (unpaired) electrons. The van der Waals surface area contributed by atoms with E-state index in [-0.39, 0.29) is 17.9 Å². The van der Waals surface area contributed by atoms with Gasteiger partial charge in [-0.3, -0.25) is 9.59 Å². The third kappa shape index (κ3) is 7.60. The zero-order valence-corrected chi connectivity index (χ0v) is 20.7. The average molecular weight is 469 g/mol. The van der Waals surface area contributed by atoms with Crippen molar-refractivity contribution < 1.29 is 9.59 Å². The molecule has 1 aliphatic rings. The fourth-order valence-electron chi connectivity index (χ4n) is 4.59. The zero-order valence-electron chi connectivity index (χ0n) is 20.0. The van der Waals surface area contributed by atoms with Crippen molar-refractivity contribution in [2.75, 3.05) is 0 Å². The Hall–Kier alpha value is -2.33. The quantitative estimate of drug-likeness (QED) is 0.458. The molecule has 1 atom stereocenters. The van der Waals surface area contributed by atoms with Crippen LogP contribution in [0.15, 0.2) is 48.5 Å². The van der Waals surface area contributed by atoms with Crippen LogP contribution in [0.3, 0.4) is 0 Å². The third-order valence-electron chi connectivity index (χ3n) is 6.66. The predicted octanol–water partition coefficient (Wildman–Crippen LogP) is 6.09. The van der Waals surface area contributed by atoms with Gasteiger partial charge in [-0.25, -0.2) is 0 Å². The summed E-state index contributed by atoms with van der Waals surface area (Å²) in [5.41, 5.74) is 3.41. The van der Waals surface area contributed by atoms with Crippen molar-refractivity contribution in [2.24, 2.45) is 0 Å². The first kappa shape index (κ1) is 25.3. The number of benzene rings is 2. The fourth-order valence-corrected chi connectivity index (χ4v) is 4.71. The lowest BCUT2D eigenvalue weighted by atomic mass is 9.95. The first-order chi connectivity index (χ1) is 16.0. The van der Waals surface area contributed by atoms with Gasteiger partial charge in [0.1, 0.15) is 6.04 Å². The van der Waals surface area contributed by atoms with Crippen LogP contribution in [0.1, 0.15) is 75.5 Å². The third-order valence-corrected chi connectivity index (χ3v) is 6.91. The van der Waals surface area contributed by atoms with E-state index in [1.54, 1.807) is 4.90 Å². The average Bonchev–Trinajstić information content (AvgIpc) is 2.84. The van der Waals surface area contributed by atoms with Crippen molar-refractivity contribution in [3.05, 3.63) is 70.2 Å². The van der Waals surface area contributed by atoms with Gasteiger partial charge in [0.15, 0.2) is 0 Å². The lowest BCUT2D eigenvalue weighted by Crippen LogP contribution is -2.51. The molecule has 5 heteroatoms. The van der Waals surface area contributed by atoms with Crippen LogP contribution >= 0.6 is 11.6 Å². The van der Waals surface area contributed by atoms with Crippen LogP contribution in [-0.2, 0) is 29.0 Å². The van der Waals surface area contributed by atoms with Crippen LogP contribution in [-0.4, -0.2) is 28.8 Å². The molecule has 0 aromatic heterocycles. The minimum atomic E-state index is -0.474. The van der Waals surface area contributed by atoms with E-state index in [0.717, 1.165) is 43.2 Å². The van der Waals surface area contributed by atoms with Crippen molar-refractivity contribution in [1.29, 1.82) is 0 Å². The van der Waals surface area contributed by atoms with Gasteiger partial charge in [0.25, 0.3) is 0 Å². The number of halogens is 1. The summed E-state index contributed by atoms with van der Waals surface area (Å²) in [5, 5.41) is 3.89. The first-order valence-electron chi connectivity index (χ1n) is 12.4. The lowest BCUT2D eigenvalue weighted by molar-refractivity contribution is -0.141. The maximum Gasteiger partial charge on any atom is 0.243 e. The Kier molecular flexibility index (Phi) is 9.80. The van der Waals surface area contributed by atoms with Gasteiger partial charge in [-0.2, -0.15) is 0 Å². The van der Waals surface area contributed by atoms with Crippen LogP contribution in [0.25, 0.3) is 0 Å². The monoisotopic (exact) mass is 468 g/mol. The van der Waals surface area contributed by atoms with Crippen LogP contribution in [0.4, 0.5) is 0 Å². The van der Waals surface area contributed by atoms with Gasteiger partial charge in [-0.1, -0.05) is 81.1 Å². The van der Waals surface area contributed by atoms with Gasteiger partial charge in [0.05, 0.1) is 0 Å². The van der Waals surface area contributed by atoms with Crippen LogP contribution in [0.5, 0.6) is 0 Å². The number of amides is 2. The minimum absolute atomic E-state index is 0.00941. The summed E-state index contributed by atoms with van der Waals surface area (Å²) >= 11 is 6.05. The smallest absolute Gasteiger partial charge is 0.243 e. The molecule has 0 heterocycles. The minimum Gasteiger partial charge on any atom is -0.352 e. The summed E-state index contributed by atoms with van der Waals surface area (Å²) < 4.78 is 0. The Morgan fingerprint density at radius 2 is 1.55 bits per heavy atom. The molecule has 3 rings (SSSR count). The topological polar surface area (TPSA) is 49.4 Å². The fraction of sp³-hybridized carbons (Fsp3) is 0.500. The number of hydrogen-bond donors (Lipinski definition) is 1. The van der Waals surface area contributed by atoms with Gasteiger partial charge in [0.2, 0.25) is 11.8 Å². The normalized spacial score (nSPS) is 15.1. The van der Waals surface area contributed by atoms with Gasteiger partial charge < -0.3 is 10.2 Å². The molecule has 0 spiro atoms. The highest BCUT2D eigenvalue weighted by Crippen LogP contribution is 2.20. The molecule has 33 heavy (non-hydrogen) atoms. The summed E-state index contributed by atoms with van der Waals surface area (Å²) in [7, 11) is 0. The van der Waals surface area contributed by atoms with Gasteiger partial charge >= 0.3 is 0 Å². The van der Waals surface area contributed by atoms with Crippen molar-refractivity contribution in [3.63, 3.8) is 0 Å². The zero-order chi connectivity index (χ0) is 23.6. The van der Waals surface area contributed by atoms with E-state index in [4.69, 9.17) is 11.6 Å². The second-order valence-corrected chi connectivity index (χ2v) is 9.52. The molecule has 0 bridgehead atoms. The van der Waals surface area contributed by atoms with Crippen molar-refractivity contribution in [2.45, 2.75) is 90.3 Å². The molecule has 1 saturated carbocycles. The molecule has 2 amide bonds. The molecule has 4 nitrogen and oxygen atoms in total. The van der Waals surface area contributed by atoms with E-state index in [9.17, 15) is 9.59 Å². The lowest BCUT2D eigenvalue weighted by Gasteiger charge is -2.33. The SMILES string of the molecule is CCc1ccc(CCC(=O)N(Cc2ccc(Cl)cc2)[C@H](CC)C(=O)NC2CCCCC2)cc1. The predicted molar refractivity (Wildman–Crippen MR) is 135 cm³/mol. The van der Waals surface area contributed by atoms with Crippen LogP contribution < -0.4 is 5.32 Å². The van der Waals surface area contributed by atoms with E-state index >= 15 is 0 Å². The van der Waals surface area contributed by atoms with E-state index < -0.39 is 6.04 Å². The highest BCUT2D eigenvalue weighted by atomic mass is 35.5. The van der Waals surface area contributed by atoms with E-state index in [1.165, 1.54) is 12.0 Å². The molecule has 0 saturated heterocycles. The number of nitrogens with one attached hydrogen (secondary N) is 1. The van der Waals surface area contributed by atoms with E-state index in [2.05, 4.69) is 36.5 Å². The summed E-state index contributed by atoms with van der Waals surface area (Å²) in [5.74, 6) is -0.0193. The summed E-state index contributed by atoms with van der Waals surface area (Å²) in [4.78, 5) is 28.4. The molecule has 178 valence electrons. The van der Waals surface area contributed by atoms with Crippen molar-refractivity contribution in [1.82, 2.24) is 10.2 Å². The van der Waals surface area contributed by atoms with Crippen molar-refractivity contribution in [3.8, 4) is 0 Å². The molecule has 1 aliphatic carbocycles. The Morgan fingerprint density at radius 3 is 2.15 bits per heavy atom. The summed E-state index contributed by atoms with van der Waals surface area (Å²) in [6.45, 7) is 4.52. The van der Waals surface area contributed by atoms with Crippen LogP contribution in [0.2, 0.25) is 5.02 Å². The molecular weight excluding hydrogens is 432 g/mol. The number of hydrogen-bond acceptors (Lipinski definition) is 2. The first-order valence-corrected chi connectivity index (χ1v) is 12.8. The molecule has 2 aromatic carbocycles. The molecule has 0 aliphatic heterocycles. The number of nitrogens with zero attached hydrogens (tertiary/aromatic N) is 1. The number of carbonyl (C=O) groups is 2. The van der Waals surface area contributed by atoms with Crippen LogP contribution in [0, 0.1) is 0 Å². The number of carbonyl (C=O) groups excluding carboxylic acids is 2. The largest absolute Gasteiger partial charge is 0.352 e. The van der Waals surface area contributed by atoms with Gasteiger partial charge in [-0.05, 0) is 60.9 Å².